The number of hydrogen-bond acceptors (Lipinski definition) is 5. The molecule has 1 aromatic heterocycles. The molecule has 90 valence electrons. The minimum atomic E-state index is -0.681. The molecule has 2 fully saturated rings. The Hall–Kier alpha value is -1.40. The van der Waals surface area contributed by atoms with E-state index in [1.165, 1.54) is 6.07 Å². The van der Waals surface area contributed by atoms with Crippen molar-refractivity contribution in [1.29, 1.82) is 0 Å². The monoisotopic (exact) mass is 236 g/mol. The van der Waals surface area contributed by atoms with Gasteiger partial charge in [0.25, 0.3) is 5.56 Å². The molecular formula is C11H12N2O4. The van der Waals surface area contributed by atoms with E-state index in [0.29, 0.717) is 0 Å². The fourth-order valence-corrected chi connectivity index (χ4v) is 3.49. The zero-order valence-electron chi connectivity index (χ0n) is 8.98. The van der Waals surface area contributed by atoms with E-state index in [2.05, 4.69) is 4.98 Å². The van der Waals surface area contributed by atoms with Gasteiger partial charge in [0.05, 0.1) is 12.6 Å². The van der Waals surface area contributed by atoms with Gasteiger partial charge in [0.15, 0.2) is 0 Å². The first-order valence-corrected chi connectivity index (χ1v) is 5.72. The van der Waals surface area contributed by atoms with Crippen molar-refractivity contribution in [3.8, 4) is 6.01 Å². The molecule has 1 aliphatic heterocycles. The average Bonchev–Trinajstić information content (AvgIpc) is 2.87. The standard InChI is InChI=1S/C11H12N2O4/c14-4-11-3-5(11)7-8(9(11)16)17-10-12-6(15)1-2-13(7)10/h1-2,5,7-9,14,16H,3-4H2/t5-,7-,8-,9+,11+/m1/s1. The summed E-state index contributed by atoms with van der Waals surface area (Å²) >= 11 is 0. The van der Waals surface area contributed by atoms with Gasteiger partial charge < -0.3 is 14.9 Å². The zero-order chi connectivity index (χ0) is 11.8. The van der Waals surface area contributed by atoms with Crippen LogP contribution in [-0.4, -0.2) is 38.6 Å². The van der Waals surface area contributed by atoms with Crippen molar-refractivity contribution in [1.82, 2.24) is 9.55 Å². The van der Waals surface area contributed by atoms with Gasteiger partial charge >= 0.3 is 6.01 Å². The van der Waals surface area contributed by atoms with Gasteiger partial charge in [0, 0.05) is 17.7 Å². The lowest BCUT2D eigenvalue weighted by atomic mass is 10.0. The van der Waals surface area contributed by atoms with Gasteiger partial charge in [-0.3, -0.25) is 9.36 Å². The molecule has 3 aliphatic rings. The molecule has 2 N–H and O–H groups in total. The number of ether oxygens (including phenoxy) is 1. The third-order valence-electron chi connectivity index (χ3n) is 4.49. The Balaban J connectivity index is 1.82. The van der Waals surface area contributed by atoms with Crippen molar-refractivity contribution < 1.29 is 14.9 Å². The summed E-state index contributed by atoms with van der Waals surface area (Å²) in [6.07, 6.45) is 1.41. The summed E-state index contributed by atoms with van der Waals surface area (Å²) in [5.74, 6) is 0.220. The Morgan fingerprint density at radius 2 is 2.47 bits per heavy atom. The molecule has 17 heavy (non-hydrogen) atoms. The Bertz CT molecular complexity index is 557. The highest BCUT2D eigenvalue weighted by Crippen LogP contribution is 2.69. The van der Waals surface area contributed by atoms with Crippen LogP contribution in [0.3, 0.4) is 0 Å². The first kappa shape index (κ1) is 9.61. The molecule has 2 saturated carbocycles. The van der Waals surface area contributed by atoms with Crippen molar-refractivity contribution in [3.63, 3.8) is 0 Å². The van der Waals surface area contributed by atoms with Crippen molar-refractivity contribution in [2.24, 2.45) is 11.3 Å². The minimum Gasteiger partial charge on any atom is -0.456 e. The Labute approximate surface area is 96.5 Å². The molecule has 0 spiro atoms. The van der Waals surface area contributed by atoms with Crippen LogP contribution in [0.1, 0.15) is 12.5 Å². The van der Waals surface area contributed by atoms with Crippen LogP contribution in [0.4, 0.5) is 0 Å². The second kappa shape index (κ2) is 2.70. The lowest BCUT2D eigenvalue weighted by Crippen LogP contribution is -2.36. The number of aromatic nitrogens is 2. The molecule has 6 nitrogen and oxygen atoms in total. The van der Waals surface area contributed by atoms with E-state index < -0.39 is 11.5 Å². The molecule has 4 rings (SSSR count). The van der Waals surface area contributed by atoms with Gasteiger partial charge in [0.2, 0.25) is 0 Å². The predicted molar refractivity (Wildman–Crippen MR) is 55.6 cm³/mol. The molecule has 0 unspecified atom stereocenters. The number of aliphatic hydroxyl groups excluding tert-OH is 2. The van der Waals surface area contributed by atoms with E-state index in [9.17, 15) is 15.0 Å². The third-order valence-corrected chi connectivity index (χ3v) is 4.49. The highest BCUT2D eigenvalue weighted by atomic mass is 16.5. The van der Waals surface area contributed by atoms with E-state index in [0.717, 1.165) is 6.42 Å². The fraction of sp³-hybridized carbons (Fsp3) is 0.636. The normalized spacial score (nSPS) is 44.8. The molecule has 0 bridgehead atoms. The molecule has 2 heterocycles. The van der Waals surface area contributed by atoms with E-state index in [-0.39, 0.29) is 36.2 Å². The minimum absolute atomic E-state index is 0.000231. The van der Waals surface area contributed by atoms with Crippen LogP contribution < -0.4 is 10.3 Å². The summed E-state index contributed by atoms with van der Waals surface area (Å²) in [5.41, 5.74) is -0.731. The molecule has 0 radical (unpaired) electrons. The zero-order valence-corrected chi connectivity index (χ0v) is 8.98. The van der Waals surface area contributed by atoms with Crippen LogP contribution in [0.2, 0.25) is 0 Å². The van der Waals surface area contributed by atoms with Crippen molar-refractivity contribution >= 4 is 0 Å². The van der Waals surface area contributed by atoms with Gasteiger partial charge in [-0.25, -0.2) is 0 Å². The first-order chi connectivity index (χ1) is 8.17. The van der Waals surface area contributed by atoms with Gasteiger partial charge in [-0.2, -0.15) is 4.98 Å². The summed E-state index contributed by atoms with van der Waals surface area (Å²) in [6, 6.07) is 1.67. The largest absolute Gasteiger partial charge is 0.456 e. The second-order valence-electron chi connectivity index (χ2n) is 5.18. The van der Waals surface area contributed by atoms with Crippen LogP contribution in [0.25, 0.3) is 0 Å². The van der Waals surface area contributed by atoms with Crippen LogP contribution in [0.5, 0.6) is 6.01 Å². The highest BCUT2D eigenvalue weighted by molar-refractivity contribution is 5.26. The number of aliphatic hydroxyl groups is 2. The Morgan fingerprint density at radius 3 is 3.24 bits per heavy atom. The maximum Gasteiger partial charge on any atom is 0.300 e. The third kappa shape index (κ3) is 0.942. The summed E-state index contributed by atoms with van der Waals surface area (Å²) < 4.78 is 7.35. The summed E-state index contributed by atoms with van der Waals surface area (Å²) in [6.45, 7) is -0.0157. The van der Waals surface area contributed by atoms with E-state index in [1.807, 2.05) is 4.57 Å². The molecular weight excluding hydrogens is 224 g/mol. The van der Waals surface area contributed by atoms with E-state index >= 15 is 0 Å². The average molecular weight is 236 g/mol. The summed E-state index contributed by atoms with van der Waals surface area (Å²) in [5, 5.41) is 19.6. The van der Waals surface area contributed by atoms with E-state index in [4.69, 9.17) is 4.74 Å². The predicted octanol–water partition coefficient (Wildman–Crippen LogP) is -1.08. The van der Waals surface area contributed by atoms with Crippen LogP contribution in [0, 0.1) is 11.3 Å². The second-order valence-corrected chi connectivity index (χ2v) is 5.18. The lowest BCUT2D eigenvalue weighted by Gasteiger charge is -2.20. The molecule has 1 aromatic rings. The van der Waals surface area contributed by atoms with E-state index in [1.54, 1.807) is 6.20 Å². The van der Waals surface area contributed by atoms with Gasteiger partial charge in [-0.05, 0) is 12.3 Å². The van der Waals surface area contributed by atoms with Gasteiger partial charge in [0.1, 0.15) is 12.2 Å². The Morgan fingerprint density at radius 1 is 1.65 bits per heavy atom. The topological polar surface area (TPSA) is 84.6 Å². The molecule has 5 atom stereocenters. The van der Waals surface area contributed by atoms with Crippen molar-refractivity contribution in [2.45, 2.75) is 24.7 Å². The van der Waals surface area contributed by atoms with Gasteiger partial charge in [-0.1, -0.05) is 0 Å². The quantitative estimate of drug-likeness (QED) is 0.648. The van der Waals surface area contributed by atoms with Crippen LogP contribution in [0.15, 0.2) is 17.1 Å². The molecule has 0 amide bonds. The Kier molecular flexibility index (Phi) is 1.53. The fourth-order valence-electron chi connectivity index (χ4n) is 3.49. The number of hydrogen-bond donors (Lipinski definition) is 2. The maximum atomic E-state index is 11.1. The maximum absolute atomic E-state index is 11.1. The van der Waals surface area contributed by atoms with Crippen molar-refractivity contribution in [3.05, 3.63) is 22.6 Å². The SMILES string of the molecule is O=c1ccn2c(n1)O[C@@H]1[C@H]2[C@H]2C[C@@]2(CO)[C@H]1O. The van der Waals surface area contributed by atoms with Crippen LogP contribution in [-0.2, 0) is 0 Å². The summed E-state index contributed by atoms with van der Waals surface area (Å²) in [7, 11) is 0. The first-order valence-electron chi connectivity index (χ1n) is 5.72. The highest BCUT2D eigenvalue weighted by Gasteiger charge is 2.74. The smallest absolute Gasteiger partial charge is 0.300 e. The molecule has 6 heteroatoms. The van der Waals surface area contributed by atoms with Crippen molar-refractivity contribution in [2.75, 3.05) is 6.61 Å². The molecule has 0 aromatic carbocycles. The van der Waals surface area contributed by atoms with Gasteiger partial charge in [-0.15, -0.1) is 0 Å². The lowest BCUT2D eigenvalue weighted by molar-refractivity contribution is -0.00554. The molecule has 2 aliphatic carbocycles. The number of nitrogens with zero attached hydrogens (tertiary/aromatic N) is 2. The number of rotatable bonds is 1. The number of fused-ring (bicyclic) bond motifs is 5. The summed E-state index contributed by atoms with van der Waals surface area (Å²) in [4.78, 5) is 14.9. The molecule has 0 saturated heterocycles. The van der Waals surface area contributed by atoms with Crippen LogP contribution >= 0.6 is 0 Å².